The maximum absolute atomic E-state index is 15.3. The van der Waals surface area contributed by atoms with Crippen LogP contribution in [0.3, 0.4) is 0 Å². The Morgan fingerprint density at radius 2 is 1.57 bits per heavy atom. The molecule has 1 saturated heterocycles. The van der Waals surface area contributed by atoms with Crippen LogP contribution in [0.25, 0.3) is 10.9 Å². The summed E-state index contributed by atoms with van der Waals surface area (Å²) in [6, 6.07) is 2.75. The van der Waals surface area contributed by atoms with E-state index in [1.165, 1.54) is 6.20 Å². The van der Waals surface area contributed by atoms with E-state index in [2.05, 4.69) is 0 Å². The molecule has 1 aromatic carbocycles. The predicted molar refractivity (Wildman–Crippen MR) is 145 cm³/mol. The molecule has 16 heteroatoms. The van der Waals surface area contributed by atoms with E-state index in [9.17, 15) is 28.9 Å². The number of carboxylic acids is 1. The smallest absolute Gasteiger partial charge is 0.374 e. The third-order valence-electron chi connectivity index (χ3n) is 7.59. The van der Waals surface area contributed by atoms with E-state index in [-0.39, 0.29) is 30.1 Å². The Bertz CT molecular complexity index is 1400. The standard InChI is InChI=1S/C24H34FN3O10P2/c1-35-39(33,36-2)24(32,40(34,37-3)38-4)7-8-26-9-11-27(12-10-26)21-14-20-17(13-19(21)25)22(29)18(23(30)31)15-28(20)16-5-6-16/h13-16,32H,5-12H2,1-4H3,(H,30,31). The molecule has 1 aliphatic carbocycles. The second-order valence-corrected chi connectivity index (χ2v) is 15.0. The van der Waals surface area contributed by atoms with Gasteiger partial charge in [0.2, 0.25) is 5.43 Å². The Kier molecular flexibility index (Phi) is 8.95. The normalized spacial score (nSPS) is 17.5. The molecule has 0 atom stereocenters. The summed E-state index contributed by atoms with van der Waals surface area (Å²) in [6.45, 7) is 1.70. The monoisotopic (exact) mass is 605 g/mol. The van der Waals surface area contributed by atoms with Crippen LogP contribution in [0.5, 0.6) is 0 Å². The van der Waals surface area contributed by atoms with Gasteiger partial charge in [0, 0.05) is 85.2 Å². The van der Waals surface area contributed by atoms with E-state index in [0.29, 0.717) is 31.7 Å². The number of benzene rings is 1. The number of nitrogens with zero attached hydrogens (tertiary/aromatic N) is 3. The number of anilines is 1. The first-order valence-electron chi connectivity index (χ1n) is 12.6. The average Bonchev–Trinajstić information content (AvgIpc) is 3.80. The molecule has 2 N–H and O–H groups in total. The minimum Gasteiger partial charge on any atom is -0.477 e. The minimum atomic E-state index is -4.35. The van der Waals surface area contributed by atoms with Gasteiger partial charge in [0.1, 0.15) is 11.4 Å². The number of carbonyl (C=O) groups is 1. The van der Waals surface area contributed by atoms with Gasteiger partial charge in [-0.3, -0.25) is 18.8 Å². The first kappa shape index (κ1) is 30.8. The Morgan fingerprint density at radius 1 is 1.02 bits per heavy atom. The molecule has 0 radical (unpaired) electrons. The molecule has 2 aliphatic rings. The molecule has 2 aromatic rings. The van der Waals surface area contributed by atoms with E-state index < -0.39 is 43.1 Å². The number of aromatic nitrogens is 1. The number of piperazine rings is 1. The Balaban J connectivity index is 1.54. The minimum absolute atomic E-state index is 0.0207. The quantitative estimate of drug-likeness (QED) is 0.341. The molecular formula is C24H34FN3O10P2. The first-order valence-corrected chi connectivity index (χ1v) is 15.7. The van der Waals surface area contributed by atoms with E-state index >= 15 is 4.39 Å². The van der Waals surface area contributed by atoms with E-state index in [1.807, 2.05) is 9.80 Å². The molecule has 2 heterocycles. The van der Waals surface area contributed by atoms with Crippen molar-refractivity contribution in [3.63, 3.8) is 0 Å². The largest absolute Gasteiger partial charge is 0.477 e. The SMILES string of the molecule is COP(=O)(OC)C(O)(CCN1CCN(c2cc3c(cc2F)c(=O)c(C(=O)O)cn3C2CC2)CC1)P(=O)(OC)OC. The topological polar surface area (TPSA) is 157 Å². The summed E-state index contributed by atoms with van der Waals surface area (Å²) in [4.78, 5) is 28.1. The number of aliphatic hydroxyl groups is 1. The molecule has 13 nitrogen and oxygen atoms in total. The van der Waals surface area contributed by atoms with Crippen LogP contribution in [0.15, 0.2) is 23.1 Å². The van der Waals surface area contributed by atoms with Gasteiger partial charge in [-0.2, -0.15) is 0 Å². The number of halogens is 1. The van der Waals surface area contributed by atoms with Gasteiger partial charge in [-0.05, 0) is 25.0 Å². The molecular weight excluding hydrogens is 571 g/mol. The van der Waals surface area contributed by atoms with Crippen molar-refractivity contribution < 1.29 is 46.6 Å². The Hall–Kier alpha value is -2.15. The lowest BCUT2D eigenvalue weighted by Crippen LogP contribution is -2.48. The van der Waals surface area contributed by atoms with Crippen molar-refractivity contribution in [2.45, 2.75) is 30.4 Å². The van der Waals surface area contributed by atoms with Crippen LogP contribution in [0.2, 0.25) is 0 Å². The summed E-state index contributed by atoms with van der Waals surface area (Å²) in [5, 5.41) is 18.2. The number of pyridine rings is 1. The maximum Gasteiger partial charge on any atom is 0.374 e. The summed E-state index contributed by atoms with van der Waals surface area (Å²) < 4.78 is 63.2. The number of aromatic carboxylic acids is 1. The maximum atomic E-state index is 15.3. The van der Waals surface area contributed by atoms with Gasteiger partial charge in [0.25, 0.3) is 5.08 Å². The molecule has 1 saturated carbocycles. The molecule has 0 bridgehead atoms. The highest BCUT2D eigenvalue weighted by Crippen LogP contribution is 2.76. The molecule has 4 rings (SSSR count). The fraction of sp³-hybridized carbons (Fsp3) is 0.583. The lowest BCUT2D eigenvalue weighted by Gasteiger charge is -2.40. The molecule has 40 heavy (non-hydrogen) atoms. The Labute approximate surface area is 230 Å². The molecule has 1 aromatic heterocycles. The van der Waals surface area contributed by atoms with Crippen LogP contribution in [0.4, 0.5) is 10.1 Å². The third-order valence-corrected chi connectivity index (χ3v) is 13.2. The number of hydrogen-bond acceptors (Lipinski definition) is 11. The second-order valence-electron chi connectivity index (χ2n) is 9.71. The summed E-state index contributed by atoms with van der Waals surface area (Å²) in [5.74, 6) is -1.99. The summed E-state index contributed by atoms with van der Waals surface area (Å²) in [6.07, 6.45) is 2.69. The van der Waals surface area contributed by atoms with Crippen molar-refractivity contribution in [2.75, 3.05) is 66.1 Å². The highest BCUT2D eigenvalue weighted by molar-refractivity contribution is 7.73. The van der Waals surface area contributed by atoms with Gasteiger partial charge in [0.05, 0.1) is 11.2 Å². The van der Waals surface area contributed by atoms with E-state index in [0.717, 1.165) is 47.3 Å². The van der Waals surface area contributed by atoms with Crippen molar-refractivity contribution in [1.29, 1.82) is 0 Å². The van der Waals surface area contributed by atoms with Gasteiger partial charge in [-0.1, -0.05) is 0 Å². The summed E-state index contributed by atoms with van der Waals surface area (Å²) >= 11 is 0. The van der Waals surface area contributed by atoms with Crippen LogP contribution >= 0.6 is 15.2 Å². The number of hydrogen-bond donors (Lipinski definition) is 2. The summed E-state index contributed by atoms with van der Waals surface area (Å²) in [5.41, 5.74) is -0.354. The van der Waals surface area contributed by atoms with E-state index in [4.69, 9.17) is 18.1 Å². The highest BCUT2D eigenvalue weighted by Gasteiger charge is 2.63. The van der Waals surface area contributed by atoms with Gasteiger partial charge in [-0.25, -0.2) is 9.18 Å². The molecule has 0 amide bonds. The lowest BCUT2D eigenvalue weighted by atomic mass is 10.1. The fourth-order valence-electron chi connectivity index (χ4n) is 5.09. The predicted octanol–water partition coefficient (Wildman–Crippen LogP) is 3.30. The van der Waals surface area contributed by atoms with Crippen LogP contribution in [-0.2, 0) is 27.2 Å². The van der Waals surface area contributed by atoms with Crippen molar-refractivity contribution in [2.24, 2.45) is 0 Å². The second kappa shape index (κ2) is 11.6. The first-order chi connectivity index (χ1) is 18.9. The van der Waals surface area contributed by atoms with Crippen molar-refractivity contribution >= 4 is 37.8 Å². The molecule has 0 unspecified atom stereocenters. The zero-order valence-corrected chi connectivity index (χ0v) is 24.5. The van der Waals surface area contributed by atoms with Crippen LogP contribution in [-0.4, -0.2) is 91.9 Å². The van der Waals surface area contributed by atoms with Crippen molar-refractivity contribution in [3.05, 3.63) is 39.9 Å². The number of rotatable bonds is 12. The van der Waals surface area contributed by atoms with Crippen molar-refractivity contribution in [1.82, 2.24) is 9.47 Å². The van der Waals surface area contributed by atoms with Crippen LogP contribution < -0.4 is 10.3 Å². The van der Waals surface area contributed by atoms with Gasteiger partial charge in [-0.15, -0.1) is 0 Å². The fourth-order valence-corrected chi connectivity index (χ4v) is 9.48. The molecule has 222 valence electrons. The van der Waals surface area contributed by atoms with Gasteiger partial charge in [0.15, 0.2) is 0 Å². The third kappa shape index (κ3) is 5.28. The van der Waals surface area contributed by atoms with E-state index in [1.54, 1.807) is 10.6 Å². The zero-order chi connectivity index (χ0) is 29.5. The van der Waals surface area contributed by atoms with Gasteiger partial charge >= 0.3 is 21.2 Å². The average molecular weight is 605 g/mol. The molecule has 1 aliphatic heterocycles. The van der Waals surface area contributed by atoms with Gasteiger partial charge < -0.3 is 37.8 Å². The van der Waals surface area contributed by atoms with Crippen LogP contribution in [0, 0.1) is 5.82 Å². The molecule has 2 fully saturated rings. The zero-order valence-electron chi connectivity index (χ0n) is 22.7. The number of fused-ring (bicyclic) bond motifs is 1. The highest BCUT2D eigenvalue weighted by atomic mass is 31.2. The van der Waals surface area contributed by atoms with Crippen molar-refractivity contribution in [3.8, 4) is 0 Å². The van der Waals surface area contributed by atoms with Crippen LogP contribution in [0.1, 0.15) is 35.7 Å². The molecule has 0 spiro atoms. The Morgan fingerprint density at radius 3 is 2.05 bits per heavy atom. The lowest BCUT2D eigenvalue weighted by molar-refractivity contribution is 0.0694. The summed E-state index contributed by atoms with van der Waals surface area (Å²) in [7, 11) is -4.44. The number of carboxylic acid groups (broad SMARTS) is 1.